The van der Waals surface area contributed by atoms with Crippen LogP contribution in [0.15, 0.2) is 36.7 Å². The number of rotatable bonds is 5. The lowest BCUT2D eigenvalue weighted by atomic mass is 9.88. The summed E-state index contributed by atoms with van der Waals surface area (Å²) in [7, 11) is 1.89. The first-order valence-electron chi connectivity index (χ1n) is 9.03. The number of nitrogens with zero attached hydrogens (tertiary/aromatic N) is 3. The summed E-state index contributed by atoms with van der Waals surface area (Å²) in [6.07, 6.45) is 5.45. The SMILES string of the molecule is CCN(Cc1cnn(C)c1)C(=O)C1CCCOC1c1ccc(C)cc1. The maximum Gasteiger partial charge on any atom is 0.228 e. The van der Waals surface area contributed by atoms with E-state index in [9.17, 15) is 4.79 Å². The van der Waals surface area contributed by atoms with Crippen molar-refractivity contribution in [1.82, 2.24) is 14.7 Å². The van der Waals surface area contributed by atoms with E-state index in [-0.39, 0.29) is 17.9 Å². The number of hydrogen-bond acceptors (Lipinski definition) is 3. The van der Waals surface area contributed by atoms with Gasteiger partial charge in [-0.25, -0.2) is 0 Å². The van der Waals surface area contributed by atoms with Crippen molar-refractivity contribution in [2.75, 3.05) is 13.2 Å². The highest BCUT2D eigenvalue weighted by molar-refractivity contribution is 5.79. The highest BCUT2D eigenvalue weighted by Crippen LogP contribution is 2.35. The third-order valence-electron chi connectivity index (χ3n) is 4.87. The van der Waals surface area contributed by atoms with Gasteiger partial charge in [-0.2, -0.15) is 5.10 Å². The minimum absolute atomic E-state index is 0.118. The third-order valence-corrected chi connectivity index (χ3v) is 4.87. The van der Waals surface area contributed by atoms with Gasteiger partial charge in [-0.3, -0.25) is 9.48 Å². The van der Waals surface area contributed by atoms with Crippen LogP contribution in [0.2, 0.25) is 0 Å². The van der Waals surface area contributed by atoms with E-state index in [1.807, 2.05) is 31.3 Å². The van der Waals surface area contributed by atoms with Crippen LogP contribution < -0.4 is 0 Å². The van der Waals surface area contributed by atoms with Gasteiger partial charge in [-0.15, -0.1) is 0 Å². The maximum absolute atomic E-state index is 13.2. The van der Waals surface area contributed by atoms with Crippen LogP contribution in [0.4, 0.5) is 0 Å². The van der Waals surface area contributed by atoms with Crippen LogP contribution in [0.3, 0.4) is 0 Å². The summed E-state index contributed by atoms with van der Waals surface area (Å²) in [4.78, 5) is 15.1. The van der Waals surface area contributed by atoms with Crippen LogP contribution in [0.1, 0.15) is 42.6 Å². The van der Waals surface area contributed by atoms with Crippen LogP contribution >= 0.6 is 0 Å². The number of aromatic nitrogens is 2. The lowest BCUT2D eigenvalue weighted by Crippen LogP contribution is -2.40. The quantitative estimate of drug-likeness (QED) is 0.839. The molecule has 1 aliphatic rings. The topological polar surface area (TPSA) is 47.4 Å². The second kappa shape index (κ2) is 7.83. The molecule has 1 saturated heterocycles. The smallest absolute Gasteiger partial charge is 0.228 e. The van der Waals surface area contributed by atoms with Gasteiger partial charge in [0.05, 0.1) is 18.2 Å². The molecule has 3 rings (SSSR count). The van der Waals surface area contributed by atoms with Crippen molar-refractivity contribution in [3.05, 3.63) is 53.3 Å². The molecule has 2 heterocycles. The molecule has 0 bridgehead atoms. The number of carbonyl (C=O) groups excluding carboxylic acids is 1. The maximum atomic E-state index is 13.2. The number of amides is 1. The fourth-order valence-corrected chi connectivity index (χ4v) is 3.47. The van der Waals surface area contributed by atoms with Crippen molar-refractivity contribution < 1.29 is 9.53 Å². The van der Waals surface area contributed by atoms with Crippen molar-refractivity contribution in [2.24, 2.45) is 13.0 Å². The van der Waals surface area contributed by atoms with Crippen molar-refractivity contribution >= 4 is 5.91 Å². The Balaban J connectivity index is 1.77. The number of hydrogen-bond donors (Lipinski definition) is 0. The summed E-state index contributed by atoms with van der Waals surface area (Å²) in [5.41, 5.74) is 3.37. The van der Waals surface area contributed by atoms with E-state index < -0.39 is 0 Å². The molecule has 5 heteroatoms. The van der Waals surface area contributed by atoms with E-state index in [2.05, 4.69) is 36.3 Å². The molecular formula is C20H27N3O2. The van der Waals surface area contributed by atoms with Gasteiger partial charge >= 0.3 is 0 Å². The van der Waals surface area contributed by atoms with Crippen LogP contribution in [-0.2, 0) is 23.1 Å². The fraction of sp³-hybridized carbons (Fsp3) is 0.500. The Kier molecular flexibility index (Phi) is 5.53. The second-order valence-corrected chi connectivity index (χ2v) is 6.83. The molecule has 1 aromatic carbocycles. The second-order valence-electron chi connectivity index (χ2n) is 6.83. The Morgan fingerprint density at radius 1 is 1.36 bits per heavy atom. The molecule has 0 aliphatic carbocycles. The molecule has 0 spiro atoms. The molecule has 2 unspecified atom stereocenters. The minimum atomic E-state index is -0.148. The summed E-state index contributed by atoms with van der Waals surface area (Å²) in [6, 6.07) is 8.34. The molecule has 2 atom stereocenters. The largest absolute Gasteiger partial charge is 0.373 e. The Morgan fingerprint density at radius 2 is 2.12 bits per heavy atom. The molecule has 1 amide bonds. The number of carbonyl (C=O) groups is 1. The minimum Gasteiger partial charge on any atom is -0.373 e. The summed E-state index contributed by atoms with van der Waals surface area (Å²) in [5, 5.41) is 4.20. The van der Waals surface area contributed by atoms with Crippen molar-refractivity contribution in [2.45, 2.75) is 39.3 Å². The van der Waals surface area contributed by atoms with Gasteiger partial charge in [0.1, 0.15) is 0 Å². The van der Waals surface area contributed by atoms with E-state index in [1.54, 1.807) is 4.68 Å². The molecular weight excluding hydrogens is 314 g/mol. The average Bonchev–Trinajstić information content (AvgIpc) is 3.05. The standard InChI is InChI=1S/C20H27N3O2/c1-4-23(14-16-12-21-22(3)13-16)20(24)18-6-5-11-25-19(18)17-9-7-15(2)8-10-17/h7-10,12-13,18-19H,4-6,11,14H2,1-3H3. The first-order valence-corrected chi connectivity index (χ1v) is 9.03. The van der Waals surface area contributed by atoms with Gasteiger partial charge in [-0.1, -0.05) is 29.8 Å². The lowest BCUT2D eigenvalue weighted by molar-refractivity contribution is -0.146. The molecule has 2 aromatic rings. The summed E-state index contributed by atoms with van der Waals surface area (Å²) < 4.78 is 7.79. The normalized spacial score (nSPS) is 20.4. The average molecular weight is 341 g/mol. The van der Waals surface area contributed by atoms with Crippen LogP contribution in [0.25, 0.3) is 0 Å². The Hall–Kier alpha value is -2.14. The Bertz CT molecular complexity index is 708. The molecule has 1 fully saturated rings. The molecule has 0 saturated carbocycles. The van der Waals surface area contributed by atoms with Crippen molar-refractivity contribution in [3.63, 3.8) is 0 Å². The first-order chi connectivity index (χ1) is 12.1. The predicted octanol–water partition coefficient (Wildman–Crippen LogP) is 3.24. The zero-order valence-electron chi connectivity index (χ0n) is 15.3. The summed E-state index contributed by atoms with van der Waals surface area (Å²) in [6.45, 7) is 6.10. The van der Waals surface area contributed by atoms with Gasteiger partial charge in [0, 0.05) is 38.5 Å². The molecule has 0 radical (unpaired) electrons. The molecule has 25 heavy (non-hydrogen) atoms. The number of benzene rings is 1. The Morgan fingerprint density at radius 3 is 2.76 bits per heavy atom. The highest BCUT2D eigenvalue weighted by Gasteiger charge is 2.35. The number of aryl methyl sites for hydroxylation is 2. The van der Waals surface area contributed by atoms with E-state index in [1.165, 1.54) is 5.56 Å². The third kappa shape index (κ3) is 4.10. The molecule has 1 aliphatic heterocycles. The molecule has 0 N–H and O–H groups in total. The zero-order chi connectivity index (χ0) is 17.8. The molecule has 134 valence electrons. The van der Waals surface area contributed by atoms with Crippen LogP contribution in [0.5, 0.6) is 0 Å². The van der Waals surface area contributed by atoms with Crippen LogP contribution in [-0.4, -0.2) is 33.7 Å². The lowest BCUT2D eigenvalue weighted by Gasteiger charge is -2.34. The monoisotopic (exact) mass is 341 g/mol. The van der Waals surface area contributed by atoms with Crippen molar-refractivity contribution in [3.8, 4) is 0 Å². The Labute approximate surface area is 149 Å². The molecule has 5 nitrogen and oxygen atoms in total. The predicted molar refractivity (Wildman–Crippen MR) is 96.9 cm³/mol. The zero-order valence-corrected chi connectivity index (χ0v) is 15.3. The van der Waals surface area contributed by atoms with Gasteiger partial charge in [-0.05, 0) is 32.3 Å². The summed E-state index contributed by atoms with van der Waals surface area (Å²) in [5.74, 6) is 0.0599. The highest BCUT2D eigenvalue weighted by atomic mass is 16.5. The van der Waals surface area contributed by atoms with E-state index >= 15 is 0 Å². The van der Waals surface area contributed by atoms with E-state index in [4.69, 9.17) is 4.74 Å². The fourth-order valence-electron chi connectivity index (χ4n) is 3.47. The van der Waals surface area contributed by atoms with Crippen molar-refractivity contribution in [1.29, 1.82) is 0 Å². The summed E-state index contributed by atoms with van der Waals surface area (Å²) >= 11 is 0. The van der Waals surface area contributed by atoms with Gasteiger partial charge in [0.2, 0.25) is 5.91 Å². The van der Waals surface area contributed by atoms with Gasteiger partial charge in [0.15, 0.2) is 0 Å². The van der Waals surface area contributed by atoms with E-state index in [0.717, 1.165) is 30.6 Å². The first kappa shape index (κ1) is 17.7. The number of ether oxygens (including phenoxy) is 1. The van der Waals surface area contributed by atoms with Crippen LogP contribution in [0, 0.1) is 12.8 Å². The molecule has 1 aromatic heterocycles. The van der Waals surface area contributed by atoms with E-state index in [0.29, 0.717) is 13.1 Å². The van der Waals surface area contributed by atoms with Gasteiger partial charge < -0.3 is 9.64 Å². The van der Waals surface area contributed by atoms with Gasteiger partial charge in [0.25, 0.3) is 0 Å².